The third-order valence-corrected chi connectivity index (χ3v) is 7.31. The molecule has 0 spiro atoms. The number of benzene rings is 2. The van der Waals surface area contributed by atoms with Crippen molar-refractivity contribution in [2.24, 2.45) is 10.8 Å². The van der Waals surface area contributed by atoms with E-state index in [1.807, 2.05) is 50.2 Å². The van der Waals surface area contributed by atoms with Crippen LogP contribution in [0.3, 0.4) is 0 Å². The van der Waals surface area contributed by atoms with Crippen LogP contribution in [0.15, 0.2) is 71.8 Å². The smallest absolute Gasteiger partial charge is 0.167 e. The maximum absolute atomic E-state index is 13.6. The highest BCUT2D eigenvalue weighted by atomic mass is 16.1. The van der Waals surface area contributed by atoms with Crippen LogP contribution in [0.25, 0.3) is 0 Å². The first-order chi connectivity index (χ1) is 12.3. The third-order valence-electron chi connectivity index (χ3n) is 7.31. The monoisotopic (exact) mass is 344 g/mol. The molecular formula is C24H24O2. The summed E-state index contributed by atoms with van der Waals surface area (Å²) in [4.78, 5) is 26.8. The normalized spacial score (nSPS) is 30.0. The predicted molar refractivity (Wildman–Crippen MR) is 103 cm³/mol. The quantitative estimate of drug-likeness (QED) is 0.778. The van der Waals surface area contributed by atoms with Crippen LogP contribution in [-0.2, 0) is 15.0 Å². The Morgan fingerprint density at radius 3 is 1.58 bits per heavy atom. The molecule has 0 radical (unpaired) electrons. The number of hydrogen-bond acceptors (Lipinski definition) is 2. The molecule has 2 aliphatic rings. The zero-order valence-electron chi connectivity index (χ0n) is 15.8. The van der Waals surface area contributed by atoms with E-state index in [2.05, 4.69) is 24.3 Å². The number of ketones is 2. The lowest BCUT2D eigenvalue weighted by Crippen LogP contribution is -2.73. The van der Waals surface area contributed by atoms with Gasteiger partial charge in [-0.05, 0) is 42.5 Å². The molecule has 26 heavy (non-hydrogen) atoms. The van der Waals surface area contributed by atoms with Crippen molar-refractivity contribution in [3.05, 3.63) is 82.9 Å². The fourth-order valence-electron chi connectivity index (χ4n) is 5.52. The van der Waals surface area contributed by atoms with Crippen molar-refractivity contribution in [3.8, 4) is 0 Å². The van der Waals surface area contributed by atoms with E-state index in [1.54, 1.807) is 13.8 Å². The van der Waals surface area contributed by atoms with Crippen LogP contribution in [0.4, 0.5) is 0 Å². The SMILES string of the molecule is CC1=C(C)C(=O)C2(C)C(C)(CC2(c2ccccc2)c2ccccc2)C1=O. The van der Waals surface area contributed by atoms with Gasteiger partial charge in [-0.1, -0.05) is 74.5 Å². The summed E-state index contributed by atoms with van der Waals surface area (Å²) in [7, 11) is 0. The zero-order valence-corrected chi connectivity index (χ0v) is 15.8. The van der Waals surface area contributed by atoms with Gasteiger partial charge in [-0.3, -0.25) is 9.59 Å². The fourth-order valence-corrected chi connectivity index (χ4v) is 5.52. The number of hydrogen-bond donors (Lipinski definition) is 0. The van der Waals surface area contributed by atoms with Crippen molar-refractivity contribution in [2.75, 3.05) is 0 Å². The predicted octanol–water partition coefficient (Wildman–Crippen LogP) is 4.88. The molecule has 1 fully saturated rings. The van der Waals surface area contributed by atoms with Crippen LogP contribution in [0.2, 0.25) is 0 Å². The van der Waals surface area contributed by atoms with Gasteiger partial charge in [0.1, 0.15) is 0 Å². The number of rotatable bonds is 2. The summed E-state index contributed by atoms with van der Waals surface area (Å²) in [5, 5.41) is 0. The molecule has 2 heteroatoms. The van der Waals surface area contributed by atoms with Gasteiger partial charge in [-0.25, -0.2) is 0 Å². The van der Waals surface area contributed by atoms with E-state index in [4.69, 9.17) is 0 Å². The Morgan fingerprint density at radius 2 is 1.12 bits per heavy atom. The van der Waals surface area contributed by atoms with Gasteiger partial charge in [0, 0.05) is 10.8 Å². The van der Waals surface area contributed by atoms with Gasteiger partial charge < -0.3 is 0 Å². The van der Waals surface area contributed by atoms with Gasteiger partial charge in [0.05, 0.1) is 5.41 Å². The van der Waals surface area contributed by atoms with E-state index in [0.29, 0.717) is 17.6 Å². The minimum absolute atomic E-state index is 0.107. The summed E-state index contributed by atoms with van der Waals surface area (Å²) >= 11 is 0. The molecule has 0 saturated heterocycles. The molecule has 4 rings (SSSR count). The van der Waals surface area contributed by atoms with Crippen LogP contribution in [0.1, 0.15) is 45.2 Å². The molecule has 2 aromatic rings. The largest absolute Gasteiger partial charge is 0.294 e. The zero-order chi connectivity index (χ0) is 18.7. The molecule has 0 N–H and O–H groups in total. The first kappa shape index (κ1) is 17.0. The van der Waals surface area contributed by atoms with E-state index in [-0.39, 0.29) is 11.6 Å². The van der Waals surface area contributed by atoms with Crippen LogP contribution in [0, 0.1) is 10.8 Å². The second-order valence-electron chi connectivity index (χ2n) is 8.18. The topological polar surface area (TPSA) is 34.1 Å². The Bertz CT molecular complexity index is 899. The van der Waals surface area contributed by atoms with E-state index in [1.165, 1.54) is 0 Å². The second kappa shape index (κ2) is 5.26. The summed E-state index contributed by atoms with van der Waals surface area (Å²) in [5.74, 6) is 0.232. The average molecular weight is 344 g/mol. The molecule has 132 valence electrons. The van der Waals surface area contributed by atoms with Crippen LogP contribution >= 0.6 is 0 Å². The van der Waals surface area contributed by atoms with Crippen molar-refractivity contribution in [2.45, 2.75) is 39.5 Å². The van der Waals surface area contributed by atoms with E-state index >= 15 is 0 Å². The van der Waals surface area contributed by atoms with E-state index in [9.17, 15) is 9.59 Å². The van der Waals surface area contributed by atoms with Crippen molar-refractivity contribution in [1.29, 1.82) is 0 Å². The number of carbonyl (C=O) groups is 2. The highest BCUT2D eigenvalue weighted by molar-refractivity contribution is 6.19. The summed E-state index contributed by atoms with van der Waals surface area (Å²) in [6, 6.07) is 20.4. The molecule has 1 saturated carbocycles. The standard InChI is InChI=1S/C24H24O2/c1-16-17(2)21(26)23(4)22(3,20(16)25)15-24(23,18-11-7-5-8-12-18)19-13-9-6-10-14-19/h5-14H,15H2,1-4H3. The van der Waals surface area contributed by atoms with Gasteiger partial charge in [0.15, 0.2) is 11.6 Å². The Balaban J connectivity index is 2.05. The summed E-state index contributed by atoms with van der Waals surface area (Å²) < 4.78 is 0. The fraction of sp³-hybridized carbons (Fsp3) is 0.333. The number of allylic oxidation sites excluding steroid dienone is 2. The molecule has 2 atom stereocenters. The Labute approximate surface area is 154 Å². The summed E-state index contributed by atoms with van der Waals surface area (Å²) in [6.45, 7) is 7.59. The third kappa shape index (κ3) is 1.68. The average Bonchev–Trinajstić information content (AvgIpc) is 2.69. The van der Waals surface area contributed by atoms with Gasteiger partial charge >= 0.3 is 0 Å². The minimum Gasteiger partial charge on any atom is -0.294 e. The van der Waals surface area contributed by atoms with E-state index < -0.39 is 16.2 Å². The van der Waals surface area contributed by atoms with Crippen molar-refractivity contribution >= 4 is 11.6 Å². The maximum Gasteiger partial charge on any atom is 0.167 e. The lowest BCUT2D eigenvalue weighted by Gasteiger charge is -2.69. The minimum atomic E-state index is -0.788. The molecule has 2 unspecified atom stereocenters. The second-order valence-corrected chi connectivity index (χ2v) is 8.18. The molecule has 2 nitrogen and oxygen atoms in total. The summed E-state index contributed by atoms with van der Waals surface area (Å²) in [6.07, 6.45) is 0.652. The Morgan fingerprint density at radius 1 is 0.692 bits per heavy atom. The van der Waals surface area contributed by atoms with Gasteiger partial charge in [0.25, 0.3) is 0 Å². The van der Waals surface area contributed by atoms with Crippen LogP contribution in [0.5, 0.6) is 0 Å². The molecule has 0 aromatic heterocycles. The van der Waals surface area contributed by atoms with Crippen LogP contribution in [-0.4, -0.2) is 11.6 Å². The van der Waals surface area contributed by atoms with E-state index in [0.717, 1.165) is 11.1 Å². The molecule has 0 bridgehead atoms. The Kier molecular flexibility index (Phi) is 3.43. The molecule has 0 amide bonds. The van der Waals surface area contributed by atoms with Gasteiger partial charge in [0.2, 0.25) is 0 Å². The van der Waals surface area contributed by atoms with Crippen molar-refractivity contribution < 1.29 is 9.59 Å². The highest BCUT2D eigenvalue weighted by Crippen LogP contribution is 2.73. The first-order valence-corrected chi connectivity index (χ1v) is 9.19. The van der Waals surface area contributed by atoms with Gasteiger partial charge in [-0.15, -0.1) is 0 Å². The molecule has 2 aliphatic carbocycles. The lowest BCUT2D eigenvalue weighted by atomic mass is 9.30. The number of fused-ring (bicyclic) bond motifs is 1. The maximum atomic E-state index is 13.6. The van der Waals surface area contributed by atoms with Crippen molar-refractivity contribution in [1.82, 2.24) is 0 Å². The molecular weight excluding hydrogens is 320 g/mol. The van der Waals surface area contributed by atoms with Crippen molar-refractivity contribution in [3.63, 3.8) is 0 Å². The summed E-state index contributed by atoms with van der Waals surface area (Å²) in [5.41, 5.74) is 1.52. The number of Topliss-reactive ketones (excluding diaryl/α,β-unsaturated/α-hetero) is 2. The van der Waals surface area contributed by atoms with Crippen LogP contribution < -0.4 is 0 Å². The lowest BCUT2D eigenvalue weighted by molar-refractivity contribution is -0.175. The molecule has 0 heterocycles. The number of carbonyl (C=O) groups excluding carboxylic acids is 2. The molecule has 0 aliphatic heterocycles. The Hall–Kier alpha value is -2.48. The first-order valence-electron chi connectivity index (χ1n) is 9.19. The molecule has 2 aromatic carbocycles. The highest BCUT2D eigenvalue weighted by Gasteiger charge is 2.77. The van der Waals surface area contributed by atoms with Gasteiger partial charge in [-0.2, -0.15) is 0 Å².